The summed E-state index contributed by atoms with van der Waals surface area (Å²) in [6.07, 6.45) is 2.15. The van der Waals surface area contributed by atoms with Crippen LogP contribution in [0.5, 0.6) is 5.75 Å². The van der Waals surface area contributed by atoms with Crippen molar-refractivity contribution in [3.63, 3.8) is 0 Å². The molecule has 1 aromatic heterocycles. The summed E-state index contributed by atoms with van der Waals surface area (Å²) >= 11 is 0. The predicted octanol–water partition coefficient (Wildman–Crippen LogP) is 1.89. The number of methoxy groups -OCH3 is 1. The molecule has 1 amide bonds. The third-order valence-electron chi connectivity index (χ3n) is 3.23. The molecular formula is C17H21N3O2. The number of amides is 1. The highest BCUT2D eigenvalue weighted by Gasteiger charge is 2.03. The highest BCUT2D eigenvalue weighted by molar-refractivity contribution is 5.75. The van der Waals surface area contributed by atoms with Gasteiger partial charge in [-0.3, -0.25) is 9.78 Å². The van der Waals surface area contributed by atoms with E-state index in [-0.39, 0.29) is 5.91 Å². The zero-order valence-corrected chi connectivity index (χ0v) is 12.7. The van der Waals surface area contributed by atoms with E-state index in [0.29, 0.717) is 26.1 Å². The fourth-order valence-corrected chi connectivity index (χ4v) is 2.05. The minimum Gasteiger partial charge on any atom is -0.496 e. The number of ether oxygens (including phenoxy) is 1. The molecule has 0 atom stereocenters. The molecule has 1 aromatic carbocycles. The number of aromatic nitrogens is 1. The maximum atomic E-state index is 11.7. The number of hydrogen-bond acceptors (Lipinski definition) is 4. The van der Waals surface area contributed by atoms with E-state index in [2.05, 4.69) is 15.6 Å². The van der Waals surface area contributed by atoms with Crippen LogP contribution in [0.4, 0.5) is 0 Å². The summed E-state index contributed by atoms with van der Waals surface area (Å²) in [6.45, 7) is 1.76. The lowest BCUT2D eigenvalue weighted by Crippen LogP contribution is -2.27. The van der Waals surface area contributed by atoms with Gasteiger partial charge < -0.3 is 15.4 Å². The Kier molecular flexibility index (Phi) is 6.39. The van der Waals surface area contributed by atoms with Gasteiger partial charge in [0.2, 0.25) is 5.91 Å². The fourth-order valence-electron chi connectivity index (χ4n) is 2.05. The first-order valence-corrected chi connectivity index (χ1v) is 7.29. The Morgan fingerprint density at radius 3 is 2.73 bits per heavy atom. The van der Waals surface area contributed by atoms with Crippen molar-refractivity contribution in [2.75, 3.05) is 13.7 Å². The van der Waals surface area contributed by atoms with Crippen molar-refractivity contribution < 1.29 is 9.53 Å². The molecule has 0 fully saturated rings. The average molecular weight is 299 g/mol. The minimum absolute atomic E-state index is 0.0122. The van der Waals surface area contributed by atoms with Crippen LogP contribution in [0.2, 0.25) is 0 Å². The second-order valence-electron chi connectivity index (χ2n) is 4.84. The SMILES string of the molecule is COc1ccccc1CNCCC(=O)NCc1ccccn1. The number of nitrogens with zero attached hydrogens (tertiary/aromatic N) is 1. The molecule has 0 radical (unpaired) electrons. The Labute approximate surface area is 130 Å². The number of nitrogens with one attached hydrogen (secondary N) is 2. The van der Waals surface area contributed by atoms with Crippen LogP contribution < -0.4 is 15.4 Å². The van der Waals surface area contributed by atoms with Gasteiger partial charge in [0.05, 0.1) is 19.3 Å². The number of hydrogen-bond donors (Lipinski definition) is 2. The molecule has 0 aliphatic heterocycles. The highest BCUT2D eigenvalue weighted by atomic mass is 16.5. The average Bonchev–Trinajstić information content (AvgIpc) is 2.58. The molecule has 116 valence electrons. The summed E-state index contributed by atoms with van der Waals surface area (Å²) in [4.78, 5) is 15.9. The van der Waals surface area contributed by atoms with E-state index >= 15 is 0 Å². The third kappa shape index (κ3) is 5.18. The van der Waals surface area contributed by atoms with Gasteiger partial charge in [-0.1, -0.05) is 24.3 Å². The predicted molar refractivity (Wildman–Crippen MR) is 85.4 cm³/mol. The number of pyridine rings is 1. The Hall–Kier alpha value is -2.40. The second kappa shape index (κ2) is 8.79. The van der Waals surface area contributed by atoms with E-state index in [4.69, 9.17) is 4.74 Å². The van der Waals surface area contributed by atoms with Gasteiger partial charge in [-0.2, -0.15) is 0 Å². The summed E-state index contributed by atoms with van der Waals surface area (Å²) in [5.74, 6) is 0.868. The van der Waals surface area contributed by atoms with Gasteiger partial charge >= 0.3 is 0 Å². The van der Waals surface area contributed by atoms with E-state index in [1.165, 1.54) is 0 Å². The number of rotatable bonds is 8. The Morgan fingerprint density at radius 2 is 1.95 bits per heavy atom. The third-order valence-corrected chi connectivity index (χ3v) is 3.23. The molecule has 0 aliphatic rings. The first-order valence-electron chi connectivity index (χ1n) is 7.29. The lowest BCUT2D eigenvalue weighted by molar-refractivity contribution is -0.121. The summed E-state index contributed by atoms with van der Waals surface area (Å²) < 4.78 is 5.28. The molecule has 2 rings (SSSR count). The molecule has 22 heavy (non-hydrogen) atoms. The zero-order valence-electron chi connectivity index (χ0n) is 12.7. The van der Waals surface area contributed by atoms with Crippen molar-refractivity contribution >= 4 is 5.91 Å². The van der Waals surface area contributed by atoms with Crippen LogP contribution in [0.15, 0.2) is 48.7 Å². The molecule has 0 aliphatic carbocycles. The van der Waals surface area contributed by atoms with E-state index in [9.17, 15) is 4.79 Å². The Morgan fingerprint density at radius 1 is 1.14 bits per heavy atom. The van der Waals surface area contributed by atoms with Crippen molar-refractivity contribution in [2.45, 2.75) is 19.5 Å². The molecule has 0 saturated carbocycles. The van der Waals surface area contributed by atoms with Gasteiger partial charge in [0, 0.05) is 31.3 Å². The molecular weight excluding hydrogens is 278 g/mol. The van der Waals surface area contributed by atoms with Crippen LogP contribution in [0, 0.1) is 0 Å². The maximum Gasteiger partial charge on any atom is 0.221 e. The largest absolute Gasteiger partial charge is 0.496 e. The maximum absolute atomic E-state index is 11.7. The number of benzene rings is 1. The fraction of sp³-hybridized carbons (Fsp3) is 0.294. The first kappa shape index (κ1) is 16.0. The van der Waals surface area contributed by atoms with Crippen molar-refractivity contribution in [3.05, 3.63) is 59.9 Å². The van der Waals surface area contributed by atoms with E-state index in [1.807, 2.05) is 42.5 Å². The molecule has 2 N–H and O–H groups in total. The summed E-state index contributed by atoms with van der Waals surface area (Å²) in [5.41, 5.74) is 1.94. The number of carbonyl (C=O) groups is 1. The molecule has 0 bridgehead atoms. The van der Waals surface area contributed by atoms with Gasteiger partial charge in [-0.25, -0.2) is 0 Å². The number of para-hydroxylation sites is 1. The lowest BCUT2D eigenvalue weighted by Gasteiger charge is -2.09. The van der Waals surface area contributed by atoms with Gasteiger partial charge in [-0.15, -0.1) is 0 Å². The summed E-state index contributed by atoms with van der Waals surface area (Å²) in [6, 6.07) is 13.5. The highest BCUT2D eigenvalue weighted by Crippen LogP contribution is 2.16. The summed E-state index contributed by atoms with van der Waals surface area (Å²) in [5, 5.41) is 6.10. The van der Waals surface area contributed by atoms with Crippen molar-refractivity contribution in [3.8, 4) is 5.75 Å². The van der Waals surface area contributed by atoms with Crippen molar-refractivity contribution in [2.24, 2.45) is 0 Å². The topological polar surface area (TPSA) is 63.2 Å². The molecule has 5 heteroatoms. The Bertz CT molecular complexity index is 587. The molecule has 2 aromatic rings. The van der Waals surface area contributed by atoms with Crippen LogP contribution >= 0.6 is 0 Å². The van der Waals surface area contributed by atoms with E-state index in [1.54, 1.807) is 13.3 Å². The standard InChI is InChI=1S/C17H21N3O2/c1-22-16-8-3-2-6-14(16)12-18-11-9-17(21)20-13-15-7-4-5-10-19-15/h2-8,10,18H,9,11-13H2,1H3,(H,20,21). The van der Waals surface area contributed by atoms with Crippen LogP contribution in [0.3, 0.4) is 0 Å². The first-order chi connectivity index (χ1) is 10.8. The quantitative estimate of drug-likeness (QED) is 0.731. The van der Waals surface area contributed by atoms with Crippen molar-refractivity contribution in [1.29, 1.82) is 0 Å². The Balaban J connectivity index is 1.65. The van der Waals surface area contributed by atoms with Gasteiger partial charge in [0.25, 0.3) is 0 Å². The molecule has 5 nitrogen and oxygen atoms in total. The van der Waals surface area contributed by atoms with Gasteiger partial charge in [-0.05, 0) is 18.2 Å². The minimum atomic E-state index is 0.0122. The normalized spacial score (nSPS) is 10.2. The van der Waals surface area contributed by atoms with E-state index in [0.717, 1.165) is 17.0 Å². The summed E-state index contributed by atoms with van der Waals surface area (Å²) in [7, 11) is 1.66. The molecule has 0 saturated heterocycles. The number of carbonyl (C=O) groups excluding carboxylic acids is 1. The molecule has 0 spiro atoms. The van der Waals surface area contributed by atoms with Crippen LogP contribution in [-0.4, -0.2) is 24.5 Å². The second-order valence-corrected chi connectivity index (χ2v) is 4.84. The molecule has 1 heterocycles. The van der Waals surface area contributed by atoms with Gasteiger partial charge in [0.1, 0.15) is 5.75 Å². The van der Waals surface area contributed by atoms with Crippen LogP contribution in [0.25, 0.3) is 0 Å². The van der Waals surface area contributed by atoms with Gasteiger partial charge in [0.15, 0.2) is 0 Å². The monoisotopic (exact) mass is 299 g/mol. The zero-order chi connectivity index (χ0) is 15.6. The van der Waals surface area contributed by atoms with Crippen molar-refractivity contribution in [1.82, 2.24) is 15.6 Å². The van der Waals surface area contributed by atoms with Crippen LogP contribution in [0.1, 0.15) is 17.7 Å². The smallest absolute Gasteiger partial charge is 0.221 e. The lowest BCUT2D eigenvalue weighted by atomic mass is 10.2. The van der Waals surface area contributed by atoms with Crippen LogP contribution in [-0.2, 0) is 17.9 Å². The molecule has 0 unspecified atom stereocenters. The van der Waals surface area contributed by atoms with E-state index < -0.39 is 0 Å².